The van der Waals surface area contributed by atoms with Crippen LogP contribution in [0.15, 0.2) is 72.9 Å². The van der Waals surface area contributed by atoms with E-state index in [4.69, 9.17) is 4.74 Å². The number of nitrogens with one attached hydrogen (secondary N) is 1. The number of carbonyl (C=O) groups excluding carboxylic acids is 1. The van der Waals surface area contributed by atoms with E-state index in [1.165, 1.54) is 17.8 Å². The molecule has 1 fully saturated rings. The number of hydrogen-bond donors (Lipinski definition) is 1. The predicted octanol–water partition coefficient (Wildman–Crippen LogP) is 5.27. The number of pyridine rings is 1. The third-order valence-corrected chi connectivity index (χ3v) is 6.46. The zero-order valence-electron chi connectivity index (χ0n) is 19.8. The molecule has 1 aliphatic rings. The second-order valence-corrected chi connectivity index (χ2v) is 8.66. The average molecular weight is 471 g/mol. The highest BCUT2D eigenvalue weighted by Crippen LogP contribution is 2.28. The van der Waals surface area contributed by atoms with E-state index in [9.17, 15) is 9.18 Å². The molecule has 5 rings (SSSR count). The molecule has 0 radical (unpaired) electrons. The lowest BCUT2D eigenvalue weighted by Crippen LogP contribution is -2.46. The molecule has 0 unspecified atom stereocenters. The highest BCUT2D eigenvalue weighted by atomic mass is 19.1. The number of benzene rings is 3. The third-order valence-electron chi connectivity index (χ3n) is 6.46. The Morgan fingerprint density at radius 2 is 1.69 bits per heavy atom. The van der Waals surface area contributed by atoms with E-state index in [0.717, 1.165) is 48.5 Å². The number of aryl methyl sites for hydroxylation is 1. The zero-order valence-corrected chi connectivity index (χ0v) is 19.8. The number of aromatic nitrogens is 1. The fourth-order valence-corrected chi connectivity index (χ4v) is 4.48. The van der Waals surface area contributed by atoms with Crippen LogP contribution in [0.5, 0.6) is 5.75 Å². The first kappa shape index (κ1) is 22.7. The monoisotopic (exact) mass is 470 g/mol. The predicted molar refractivity (Wildman–Crippen MR) is 138 cm³/mol. The molecule has 1 amide bonds. The van der Waals surface area contributed by atoms with Gasteiger partial charge in [-0.25, -0.2) is 9.37 Å². The van der Waals surface area contributed by atoms with E-state index in [0.29, 0.717) is 16.8 Å². The number of anilines is 3. The smallest absolute Gasteiger partial charge is 0.255 e. The first-order chi connectivity index (χ1) is 17.0. The molecular formula is C28H27FN4O2. The number of piperazine rings is 1. The van der Waals surface area contributed by atoms with Crippen LogP contribution < -0.4 is 19.9 Å². The van der Waals surface area contributed by atoms with Gasteiger partial charge in [-0.05, 0) is 78.5 Å². The minimum Gasteiger partial charge on any atom is -0.497 e. The van der Waals surface area contributed by atoms with Gasteiger partial charge in [-0.15, -0.1) is 0 Å². The van der Waals surface area contributed by atoms with Crippen molar-refractivity contribution in [2.24, 2.45) is 0 Å². The van der Waals surface area contributed by atoms with Gasteiger partial charge in [0.2, 0.25) is 0 Å². The fourth-order valence-electron chi connectivity index (χ4n) is 4.48. The van der Waals surface area contributed by atoms with Crippen molar-refractivity contribution in [1.29, 1.82) is 0 Å². The lowest BCUT2D eigenvalue weighted by Gasteiger charge is -2.37. The van der Waals surface area contributed by atoms with Crippen molar-refractivity contribution in [3.63, 3.8) is 0 Å². The Morgan fingerprint density at radius 3 is 2.40 bits per heavy atom. The molecule has 6 nitrogen and oxygen atoms in total. The number of fused-ring (bicyclic) bond motifs is 1. The molecule has 0 saturated carbocycles. The zero-order chi connectivity index (χ0) is 24.4. The molecular weight excluding hydrogens is 443 g/mol. The second kappa shape index (κ2) is 9.62. The maximum absolute atomic E-state index is 13.4. The Balaban J connectivity index is 1.35. The van der Waals surface area contributed by atoms with Gasteiger partial charge in [-0.2, -0.15) is 0 Å². The van der Waals surface area contributed by atoms with Gasteiger partial charge in [0, 0.05) is 54.7 Å². The summed E-state index contributed by atoms with van der Waals surface area (Å²) in [7, 11) is 1.67. The normalized spacial score (nSPS) is 13.7. The van der Waals surface area contributed by atoms with Crippen molar-refractivity contribution in [1.82, 2.24) is 4.98 Å². The molecule has 0 spiro atoms. The fraction of sp³-hybridized carbons (Fsp3) is 0.214. The van der Waals surface area contributed by atoms with Gasteiger partial charge in [0.1, 0.15) is 17.4 Å². The summed E-state index contributed by atoms with van der Waals surface area (Å²) in [6.45, 7) is 5.15. The van der Waals surface area contributed by atoms with Gasteiger partial charge in [-0.1, -0.05) is 6.07 Å². The first-order valence-corrected chi connectivity index (χ1v) is 11.6. The maximum Gasteiger partial charge on any atom is 0.255 e. The summed E-state index contributed by atoms with van der Waals surface area (Å²) in [5.41, 5.74) is 2.98. The van der Waals surface area contributed by atoms with Crippen molar-refractivity contribution in [3.8, 4) is 5.75 Å². The summed E-state index contributed by atoms with van der Waals surface area (Å²) >= 11 is 0. The lowest BCUT2D eigenvalue weighted by atomic mass is 10.1. The largest absolute Gasteiger partial charge is 0.497 e. The maximum atomic E-state index is 13.4. The molecule has 1 saturated heterocycles. The van der Waals surface area contributed by atoms with Crippen LogP contribution in [0.2, 0.25) is 0 Å². The van der Waals surface area contributed by atoms with E-state index in [-0.39, 0.29) is 11.7 Å². The quantitative estimate of drug-likeness (QED) is 0.431. The molecule has 1 aliphatic heterocycles. The number of nitrogens with zero attached hydrogens (tertiary/aromatic N) is 3. The Morgan fingerprint density at radius 1 is 0.943 bits per heavy atom. The van der Waals surface area contributed by atoms with Crippen LogP contribution in [0.4, 0.5) is 21.6 Å². The summed E-state index contributed by atoms with van der Waals surface area (Å²) in [5.74, 6) is 1.17. The van der Waals surface area contributed by atoms with Gasteiger partial charge in [0.25, 0.3) is 5.91 Å². The minimum absolute atomic E-state index is 0.235. The molecule has 7 heteroatoms. The standard InChI is InChI=1S/C28H27FN4O2/c1-19-17-22(29)5-10-26(19)31-28(34)21-4-3-20-11-12-30-27(25(20)18-21)33-15-13-32(14-16-33)23-6-8-24(35-2)9-7-23/h3-12,17-18H,13-16H2,1-2H3,(H,31,34). The molecule has 4 aromatic rings. The number of rotatable bonds is 5. The summed E-state index contributed by atoms with van der Waals surface area (Å²) in [6, 6.07) is 20.1. The highest BCUT2D eigenvalue weighted by Gasteiger charge is 2.21. The molecule has 1 aromatic heterocycles. The first-order valence-electron chi connectivity index (χ1n) is 11.6. The molecule has 35 heavy (non-hydrogen) atoms. The third kappa shape index (κ3) is 4.75. The van der Waals surface area contributed by atoms with Gasteiger partial charge in [-0.3, -0.25) is 4.79 Å². The number of ether oxygens (including phenoxy) is 1. The van der Waals surface area contributed by atoms with Crippen LogP contribution in [0, 0.1) is 12.7 Å². The van der Waals surface area contributed by atoms with Gasteiger partial charge < -0.3 is 19.9 Å². The van der Waals surface area contributed by atoms with Crippen molar-refractivity contribution < 1.29 is 13.9 Å². The number of halogens is 1. The van der Waals surface area contributed by atoms with Gasteiger partial charge >= 0.3 is 0 Å². The van der Waals surface area contributed by atoms with Crippen LogP contribution in [0.25, 0.3) is 10.8 Å². The molecule has 3 aromatic carbocycles. The van der Waals surface area contributed by atoms with E-state index < -0.39 is 0 Å². The van der Waals surface area contributed by atoms with Crippen molar-refractivity contribution >= 4 is 33.9 Å². The Labute approximate surface area is 204 Å². The lowest BCUT2D eigenvalue weighted by molar-refractivity contribution is 0.102. The molecule has 178 valence electrons. The van der Waals surface area contributed by atoms with Crippen molar-refractivity contribution in [2.75, 3.05) is 48.4 Å². The number of hydrogen-bond acceptors (Lipinski definition) is 5. The van der Waals surface area contributed by atoms with Crippen molar-refractivity contribution in [3.05, 3.63) is 89.9 Å². The minimum atomic E-state index is -0.325. The second-order valence-electron chi connectivity index (χ2n) is 8.66. The number of carbonyl (C=O) groups is 1. The van der Waals surface area contributed by atoms with Crippen LogP contribution >= 0.6 is 0 Å². The highest BCUT2D eigenvalue weighted by molar-refractivity contribution is 6.08. The van der Waals surface area contributed by atoms with Crippen molar-refractivity contribution in [2.45, 2.75) is 6.92 Å². The van der Waals surface area contributed by atoms with E-state index in [1.54, 1.807) is 20.1 Å². The van der Waals surface area contributed by atoms with Crippen LogP contribution in [-0.4, -0.2) is 44.2 Å². The van der Waals surface area contributed by atoms with Crippen LogP contribution in [-0.2, 0) is 0 Å². The molecule has 2 heterocycles. The van der Waals surface area contributed by atoms with Crippen LogP contribution in [0.1, 0.15) is 15.9 Å². The number of amides is 1. The number of methoxy groups -OCH3 is 1. The van der Waals surface area contributed by atoms with Gasteiger partial charge in [0.05, 0.1) is 7.11 Å². The molecule has 0 atom stereocenters. The summed E-state index contributed by atoms with van der Waals surface area (Å²) in [6.07, 6.45) is 1.81. The van der Waals surface area contributed by atoms with E-state index in [1.807, 2.05) is 42.6 Å². The summed E-state index contributed by atoms with van der Waals surface area (Å²) in [4.78, 5) is 22.3. The summed E-state index contributed by atoms with van der Waals surface area (Å²) < 4.78 is 18.7. The Hall–Kier alpha value is -4.13. The average Bonchev–Trinajstić information content (AvgIpc) is 2.90. The molecule has 1 N–H and O–H groups in total. The Kier molecular flexibility index (Phi) is 6.23. The molecule has 0 aliphatic carbocycles. The van der Waals surface area contributed by atoms with Crippen LogP contribution in [0.3, 0.4) is 0 Å². The van der Waals surface area contributed by atoms with Gasteiger partial charge in [0.15, 0.2) is 0 Å². The topological polar surface area (TPSA) is 57.7 Å². The molecule has 0 bridgehead atoms. The van der Waals surface area contributed by atoms with E-state index in [2.05, 4.69) is 32.2 Å². The SMILES string of the molecule is COc1ccc(N2CCN(c3nccc4ccc(C(=O)Nc5ccc(F)cc5C)cc34)CC2)cc1. The summed E-state index contributed by atoms with van der Waals surface area (Å²) in [5, 5.41) is 4.86. The van der Waals surface area contributed by atoms with E-state index >= 15 is 0 Å². The Bertz CT molecular complexity index is 1370.